The van der Waals surface area contributed by atoms with Gasteiger partial charge in [-0.1, -0.05) is 11.6 Å². The second-order valence-electron chi connectivity index (χ2n) is 3.12. The van der Waals surface area contributed by atoms with Crippen LogP contribution in [0.3, 0.4) is 0 Å². The van der Waals surface area contributed by atoms with E-state index in [9.17, 15) is 5.11 Å². The molecule has 1 aromatic carbocycles. The molecular weight excluding hydrogens is 315 g/mol. The van der Waals surface area contributed by atoms with Crippen molar-refractivity contribution in [3.63, 3.8) is 0 Å². The van der Waals surface area contributed by atoms with Gasteiger partial charge in [-0.3, -0.25) is 0 Å². The van der Waals surface area contributed by atoms with Gasteiger partial charge in [0.2, 0.25) is 0 Å². The fourth-order valence-electron chi connectivity index (χ4n) is 1.08. The Hall–Kier alpha value is -0.470. The molecular formula is C10H9BrCl2N2O. The van der Waals surface area contributed by atoms with Crippen molar-refractivity contribution in [1.82, 2.24) is 0 Å². The maximum absolute atomic E-state index is 9.30. The normalized spacial score (nSPS) is 11.9. The van der Waals surface area contributed by atoms with Gasteiger partial charge in [0, 0.05) is 11.0 Å². The number of nitrogens with one attached hydrogen (secondary N) is 1. The minimum Gasteiger partial charge on any atom is -0.390 e. The fourth-order valence-corrected chi connectivity index (χ4v) is 2.19. The lowest BCUT2D eigenvalue weighted by atomic mass is 10.2. The number of benzene rings is 1. The van der Waals surface area contributed by atoms with Crippen LogP contribution >= 0.6 is 39.1 Å². The molecule has 0 fully saturated rings. The average Bonchev–Trinajstić information content (AvgIpc) is 2.27. The van der Waals surface area contributed by atoms with Crippen LogP contribution in [0.1, 0.15) is 5.56 Å². The highest BCUT2D eigenvalue weighted by atomic mass is 79.9. The smallest absolute Gasteiger partial charge is 0.0992 e. The van der Waals surface area contributed by atoms with Gasteiger partial charge in [0.25, 0.3) is 0 Å². The van der Waals surface area contributed by atoms with E-state index in [-0.39, 0.29) is 5.88 Å². The molecule has 3 nitrogen and oxygen atoms in total. The van der Waals surface area contributed by atoms with Crippen molar-refractivity contribution in [2.75, 3.05) is 17.7 Å². The molecule has 0 radical (unpaired) electrons. The van der Waals surface area contributed by atoms with E-state index in [1.165, 1.54) is 0 Å². The predicted molar refractivity (Wildman–Crippen MR) is 69.1 cm³/mol. The number of alkyl halides is 1. The third-order valence-corrected chi connectivity index (χ3v) is 3.14. The summed E-state index contributed by atoms with van der Waals surface area (Å²) < 4.78 is 0.679. The first-order valence-corrected chi connectivity index (χ1v) is 6.16. The van der Waals surface area contributed by atoms with E-state index in [0.29, 0.717) is 27.3 Å². The van der Waals surface area contributed by atoms with E-state index in [1.54, 1.807) is 12.1 Å². The summed E-state index contributed by atoms with van der Waals surface area (Å²) >= 11 is 14.7. The first-order valence-electron chi connectivity index (χ1n) is 4.45. The first-order chi connectivity index (χ1) is 7.58. The molecule has 1 aromatic rings. The quantitative estimate of drug-likeness (QED) is 0.837. The highest BCUT2D eigenvalue weighted by Gasteiger charge is 2.09. The Morgan fingerprint density at radius 1 is 1.56 bits per heavy atom. The summed E-state index contributed by atoms with van der Waals surface area (Å²) in [5.74, 6) is 0.151. The van der Waals surface area contributed by atoms with Crippen molar-refractivity contribution in [2.24, 2.45) is 0 Å². The van der Waals surface area contributed by atoms with E-state index in [1.807, 2.05) is 6.07 Å². The van der Waals surface area contributed by atoms with Crippen LogP contribution in [0.25, 0.3) is 0 Å². The van der Waals surface area contributed by atoms with Gasteiger partial charge in [-0.05, 0) is 28.1 Å². The number of hydrogen-bond acceptors (Lipinski definition) is 3. The molecule has 0 heterocycles. The third kappa shape index (κ3) is 3.53. The van der Waals surface area contributed by atoms with Crippen LogP contribution in [0.15, 0.2) is 16.6 Å². The molecule has 0 bridgehead atoms. The standard InChI is InChI=1S/C10H9BrCl2N2O/c11-8-1-6(4-14)2-9(13)10(8)15-5-7(16)3-12/h1-2,7,15-16H,3,5H2. The molecule has 0 aliphatic carbocycles. The molecule has 86 valence electrons. The van der Waals surface area contributed by atoms with E-state index < -0.39 is 6.10 Å². The molecule has 2 N–H and O–H groups in total. The molecule has 0 saturated carbocycles. The number of rotatable bonds is 4. The molecule has 0 aliphatic rings. The topological polar surface area (TPSA) is 56.0 Å². The maximum atomic E-state index is 9.30. The van der Waals surface area contributed by atoms with Crippen molar-refractivity contribution in [3.8, 4) is 6.07 Å². The van der Waals surface area contributed by atoms with Crippen LogP contribution in [0.5, 0.6) is 0 Å². The van der Waals surface area contributed by atoms with Crippen LogP contribution in [0.2, 0.25) is 5.02 Å². The molecule has 6 heteroatoms. The Kier molecular flexibility index (Phi) is 5.36. The summed E-state index contributed by atoms with van der Waals surface area (Å²) in [5.41, 5.74) is 1.12. The Labute approximate surface area is 112 Å². The number of nitrogens with zero attached hydrogens (tertiary/aromatic N) is 1. The van der Waals surface area contributed by atoms with Gasteiger partial charge >= 0.3 is 0 Å². The molecule has 0 spiro atoms. The minimum atomic E-state index is -0.639. The Balaban J connectivity index is 2.85. The number of anilines is 1. The molecule has 0 amide bonds. The number of halogens is 3. The summed E-state index contributed by atoms with van der Waals surface area (Å²) in [4.78, 5) is 0. The van der Waals surface area contributed by atoms with Crippen molar-refractivity contribution < 1.29 is 5.11 Å². The fraction of sp³-hybridized carbons (Fsp3) is 0.300. The third-order valence-electron chi connectivity index (χ3n) is 1.86. The van der Waals surface area contributed by atoms with Gasteiger partial charge in [-0.25, -0.2) is 0 Å². The van der Waals surface area contributed by atoms with E-state index in [0.717, 1.165) is 0 Å². The van der Waals surface area contributed by atoms with Crippen LogP contribution in [0.4, 0.5) is 5.69 Å². The Morgan fingerprint density at radius 2 is 2.25 bits per heavy atom. The monoisotopic (exact) mass is 322 g/mol. The van der Waals surface area contributed by atoms with Crippen LogP contribution in [-0.2, 0) is 0 Å². The maximum Gasteiger partial charge on any atom is 0.0992 e. The SMILES string of the molecule is N#Cc1cc(Cl)c(NCC(O)CCl)c(Br)c1. The van der Waals surface area contributed by atoms with Crippen molar-refractivity contribution in [3.05, 3.63) is 27.2 Å². The van der Waals surface area contributed by atoms with Gasteiger partial charge in [0.05, 0.1) is 34.3 Å². The lowest BCUT2D eigenvalue weighted by molar-refractivity contribution is 0.211. The summed E-state index contributed by atoms with van der Waals surface area (Å²) in [6.45, 7) is 0.299. The molecule has 0 aliphatic heterocycles. The van der Waals surface area contributed by atoms with Crippen LogP contribution in [-0.4, -0.2) is 23.6 Å². The van der Waals surface area contributed by atoms with Gasteiger partial charge in [-0.15, -0.1) is 11.6 Å². The lowest BCUT2D eigenvalue weighted by Gasteiger charge is -2.13. The second-order valence-corrected chi connectivity index (χ2v) is 4.69. The number of aliphatic hydroxyl groups excluding tert-OH is 1. The van der Waals surface area contributed by atoms with Gasteiger partial charge < -0.3 is 10.4 Å². The molecule has 1 rings (SSSR count). The minimum absolute atomic E-state index is 0.151. The predicted octanol–water partition coefficient (Wildman–Crippen LogP) is 2.99. The number of hydrogen-bond donors (Lipinski definition) is 2. The van der Waals surface area contributed by atoms with Crippen molar-refractivity contribution in [1.29, 1.82) is 5.26 Å². The van der Waals surface area contributed by atoms with Gasteiger partial charge in [0.15, 0.2) is 0 Å². The lowest BCUT2D eigenvalue weighted by Crippen LogP contribution is -2.21. The van der Waals surface area contributed by atoms with Crippen LogP contribution < -0.4 is 5.32 Å². The summed E-state index contributed by atoms with van der Waals surface area (Å²) in [7, 11) is 0. The first kappa shape index (κ1) is 13.6. The van der Waals surface area contributed by atoms with Gasteiger partial charge in [0.1, 0.15) is 0 Å². The largest absolute Gasteiger partial charge is 0.390 e. The highest BCUT2D eigenvalue weighted by Crippen LogP contribution is 2.31. The number of aliphatic hydroxyl groups is 1. The molecule has 1 atom stereocenters. The highest BCUT2D eigenvalue weighted by molar-refractivity contribution is 9.10. The number of nitriles is 1. The Bertz CT molecular complexity index is 397. The molecule has 0 aromatic heterocycles. The van der Waals surface area contributed by atoms with E-state index in [4.69, 9.17) is 28.5 Å². The van der Waals surface area contributed by atoms with E-state index >= 15 is 0 Å². The van der Waals surface area contributed by atoms with Crippen molar-refractivity contribution in [2.45, 2.75) is 6.10 Å². The summed E-state index contributed by atoms with van der Waals surface area (Å²) in [6, 6.07) is 5.21. The van der Waals surface area contributed by atoms with E-state index in [2.05, 4.69) is 21.2 Å². The van der Waals surface area contributed by atoms with Gasteiger partial charge in [-0.2, -0.15) is 5.26 Å². The molecule has 16 heavy (non-hydrogen) atoms. The molecule has 0 saturated heterocycles. The molecule has 1 unspecified atom stereocenters. The zero-order valence-electron chi connectivity index (χ0n) is 8.17. The van der Waals surface area contributed by atoms with Crippen LogP contribution in [0, 0.1) is 11.3 Å². The summed E-state index contributed by atoms with van der Waals surface area (Å²) in [6.07, 6.45) is -0.639. The van der Waals surface area contributed by atoms with Crippen molar-refractivity contribution >= 4 is 44.8 Å². The zero-order chi connectivity index (χ0) is 12.1. The average molecular weight is 324 g/mol. The summed E-state index contributed by atoms with van der Waals surface area (Å²) in [5, 5.41) is 21.4. The second kappa shape index (κ2) is 6.31. The zero-order valence-corrected chi connectivity index (χ0v) is 11.3. The Morgan fingerprint density at radius 3 is 2.75 bits per heavy atom.